The number of nitrogens with two attached hydrogens (primary N) is 1. The molecule has 5 heteroatoms. The Kier molecular flexibility index (Phi) is 3.99. The number of thioether (sulfide) groups is 1. The highest BCUT2D eigenvalue weighted by molar-refractivity contribution is 7.98. The second-order valence-corrected chi connectivity index (χ2v) is 3.78. The number of aliphatic carboxylic acids is 1. The molecule has 1 rings (SSSR count). The van der Waals surface area contributed by atoms with Crippen LogP contribution in [0.2, 0.25) is 0 Å². The van der Waals surface area contributed by atoms with Crippen LogP contribution in [0.5, 0.6) is 5.75 Å². The van der Waals surface area contributed by atoms with E-state index in [1.807, 2.05) is 12.3 Å². The summed E-state index contributed by atoms with van der Waals surface area (Å²) in [7, 11) is 1.55. The molecule has 0 spiro atoms. The fourth-order valence-corrected chi connectivity index (χ4v) is 1.74. The van der Waals surface area contributed by atoms with Crippen LogP contribution in [0.4, 0.5) is 0 Å². The molecule has 0 saturated heterocycles. The third-order valence-corrected chi connectivity index (χ3v) is 2.81. The molecule has 0 aliphatic carbocycles. The second-order valence-electron chi connectivity index (χ2n) is 2.93. The van der Waals surface area contributed by atoms with E-state index >= 15 is 0 Å². The molecule has 4 nitrogen and oxygen atoms in total. The third kappa shape index (κ3) is 2.64. The average molecular weight is 227 g/mol. The second kappa shape index (κ2) is 5.04. The first-order valence-corrected chi connectivity index (χ1v) is 5.53. The van der Waals surface area contributed by atoms with Gasteiger partial charge in [0.15, 0.2) is 0 Å². The van der Waals surface area contributed by atoms with Gasteiger partial charge in [-0.05, 0) is 24.0 Å². The van der Waals surface area contributed by atoms with Crippen LogP contribution in [0, 0.1) is 0 Å². The Bertz CT molecular complexity index is 368. The maximum absolute atomic E-state index is 10.7. The Morgan fingerprint density at radius 3 is 2.73 bits per heavy atom. The van der Waals surface area contributed by atoms with Crippen molar-refractivity contribution in [3.63, 3.8) is 0 Å². The predicted molar refractivity (Wildman–Crippen MR) is 59.3 cm³/mol. The van der Waals surface area contributed by atoms with E-state index < -0.39 is 12.0 Å². The van der Waals surface area contributed by atoms with Crippen LogP contribution in [0.15, 0.2) is 23.1 Å². The number of benzene rings is 1. The average Bonchev–Trinajstić information content (AvgIpc) is 2.26. The summed E-state index contributed by atoms with van der Waals surface area (Å²) < 4.78 is 5.14. The largest absolute Gasteiger partial charge is 0.496 e. The molecular weight excluding hydrogens is 214 g/mol. The van der Waals surface area contributed by atoms with Gasteiger partial charge in [-0.3, -0.25) is 4.79 Å². The van der Waals surface area contributed by atoms with Crippen molar-refractivity contribution in [2.75, 3.05) is 13.4 Å². The number of hydrogen-bond donors (Lipinski definition) is 2. The Balaban J connectivity index is 3.07. The zero-order valence-corrected chi connectivity index (χ0v) is 9.38. The van der Waals surface area contributed by atoms with Crippen molar-refractivity contribution in [1.82, 2.24) is 0 Å². The van der Waals surface area contributed by atoms with E-state index in [9.17, 15) is 4.79 Å². The van der Waals surface area contributed by atoms with Crippen molar-refractivity contribution in [1.29, 1.82) is 0 Å². The van der Waals surface area contributed by atoms with Crippen molar-refractivity contribution in [2.45, 2.75) is 10.9 Å². The van der Waals surface area contributed by atoms with Crippen LogP contribution in [0.1, 0.15) is 11.6 Å². The summed E-state index contributed by atoms with van der Waals surface area (Å²) in [5.41, 5.74) is 6.03. The summed E-state index contributed by atoms with van der Waals surface area (Å²) in [6.45, 7) is 0. The van der Waals surface area contributed by atoms with Gasteiger partial charge in [0.25, 0.3) is 0 Å². The van der Waals surface area contributed by atoms with Crippen LogP contribution < -0.4 is 10.5 Å². The fourth-order valence-electron chi connectivity index (χ4n) is 1.19. The highest BCUT2D eigenvalue weighted by Crippen LogP contribution is 2.29. The van der Waals surface area contributed by atoms with Gasteiger partial charge in [-0.15, -0.1) is 11.8 Å². The maximum atomic E-state index is 10.7. The molecule has 1 aromatic rings. The molecule has 0 aromatic heterocycles. The molecule has 0 aliphatic rings. The lowest BCUT2D eigenvalue weighted by Crippen LogP contribution is -2.20. The van der Waals surface area contributed by atoms with Gasteiger partial charge >= 0.3 is 5.97 Å². The van der Waals surface area contributed by atoms with Gasteiger partial charge in [0.05, 0.1) is 7.11 Å². The van der Waals surface area contributed by atoms with E-state index in [2.05, 4.69) is 0 Å². The summed E-state index contributed by atoms with van der Waals surface area (Å²) in [5, 5.41) is 8.75. The Labute approximate surface area is 92.4 Å². The van der Waals surface area contributed by atoms with Gasteiger partial charge < -0.3 is 15.6 Å². The van der Waals surface area contributed by atoms with Crippen molar-refractivity contribution >= 4 is 17.7 Å². The summed E-state index contributed by atoms with van der Waals surface area (Å²) in [5.74, 6) is -0.398. The van der Waals surface area contributed by atoms with Crippen LogP contribution in [-0.4, -0.2) is 24.4 Å². The number of hydrogen-bond acceptors (Lipinski definition) is 4. The molecule has 0 radical (unpaired) electrons. The van der Waals surface area contributed by atoms with Gasteiger partial charge in [-0.25, -0.2) is 0 Å². The molecule has 0 fully saturated rings. The lowest BCUT2D eigenvalue weighted by molar-refractivity contribution is -0.138. The highest BCUT2D eigenvalue weighted by atomic mass is 32.2. The lowest BCUT2D eigenvalue weighted by Gasteiger charge is -2.11. The molecule has 0 amide bonds. The Morgan fingerprint density at radius 2 is 2.27 bits per heavy atom. The van der Waals surface area contributed by atoms with E-state index in [0.29, 0.717) is 11.3 Å². The molecule has 3 N–H and O–H groups in total. The third-order valence-electron chi connectivity index (χ3n) is 2.03. The maximum Gasteiger partial charge on any atom is 0.325 e. The van der Waals surface area contributed by atoms with E-state index in [1.54, 1.807) is 19.2 Å². The van der Waals surface area contributed by atoms with Crippen LogP contribution in [0.3, 0.4) is 0 Å². The SMILES string of the molecule is COc1cc(C(N)C(=O)O)ccc1SC. The Hall–Kier alpha value is -1.20. The molecule has 82 valence electrons. The summed E-state index contributed by atoms with van der Waals surface area (Å²) in [4.78, 5) is 11.6. The quantitative estimate of drug-likeness (QED) is 0.763. The van der Waals surface area contributed by atoms with Crippen molar-refractivity contribution < 1.29 is 14.6 Å². The fraction of sp³-hybridized carbons (Fsp3) is 0.300. The molecular formula is C10H13NO3S. The zero-order chi connectivity index (χ0) is 11.4. The number of carboxylic acids is 1. The van der Waals surface area contributed by atoms with Crippen molar-refractivity contribution in [3.05, 3.63) is 23.8 Å². The minimum absolute atomic E-state index is 0.539. The monoisotopic (exact) mass is 227 g/mol. The van der Waals surface area contributed by atoms with Crippen LogP contribution in [0.25, 0.3) is 0 Å². The van der Waals surface area contributed by atoms with E-state index in [4.69, 9.17) is 15.6 Å². The van der Waals surface area contributed by atoms with E-state index in [1.165, 1.54) is 11.8 Å². The zero-order valence-electron chi connectivity index (χ0n) is 8.56. The van der Waals surface area contributed by atoms with Crippen molar-refractivity contribution in [3.8, 4) is 5.75 Å². The topological polar surface area (TPSA) is 72.5 Å². The molecule has 0 aliphatic heterocycles. The standard InChI is InChI=1S/C10H13NO3S/c1-14-7-5-6(9(11)10(12)13)3-4-8(7)15-2/h3-5,9H,11H2,1-2H3,(H,12,13). The normalized spacial score (nSPS) is 12.2. The lowest BCUT2D eigenvalue weighted by atomic mass is 10.1. The Morgan fingerprint density at radius 1 is 1.60 bits per heavy atom. The molecule has 0 bridgehead atoms. The first kappa shape index (κ1) is 11.9. The first-order valence-electron chi connectivity index (χ1n) is 4.30. The molecule has 15 heavy (non-hydrogen) atoms. The predicted octanol–water partition coefficient (Wildman–Crippen LogP) is 1.50. The first-order chi connectivity index (χ1) is 7.10. The number of methoxy groups -OCH3 is 1. The molecule has 1 atom stereocenters. The molecule has 0 saturated carbocycles. The number of rotatable bonds is 4. The van der Waals surface area contributed by atoms with Crippen molar-refractivity contribution in [2.24, 2.45) is 5.73 Å². The van der Waals surface area contributed by atoms with Gasteiger partial charge in [-0.2, -0.15) is 0 Å². The van der Waals surface area contributed by atoms with Gasteiger partial charge in [0.1, 0.15) is 11.8 Å². The van der Waals surface area contributed by atoms with Crippen LogP contribution in [-0.2, 0) is 4.79 Å². The molecule has 0 heterocycles. The number of carboxylic acid groups (broad SMARTS) is 1. The molecule has 1 aromatic carbocycles. The summed E-state index contributed by atoms with van der Waals surface area (Å²) >= 11 is 1.54. The number of ether oxygens (including phenoxy) is 1. The van der Waals surface area contributed by atoms with E-state index in [-0.39, 0.29) is 0 Å². The van der Waals surface area contributed by atoms with Gasteiger partial charge in [0, 0.05) is 4.90 Å². The minimum Gasteiger partial charge on any atom is -0.496 e. The van der Waals surface area contributed by atoms with E-state index in [0.717, 1.165) is 4.90 Å². The van der Waals surface area contributed by atoms with Crippen LogP contribution >= 0.6 is 11.8 Å². The summed E-state index contributed by atoms with van der Waals surface area (Å²) in [6, 6.07) is 4.16. The highest BCUT2D eigenvalue weighted by Gasteiger charge is 2.15. The van der Waals surface area contributed by atoms with Gasteiger partial charge in [-0.1, -0.05) is 6.07 Å². The minimum atomic E-state index is -1.05. The number of carbonyl (C=O) groups is 1. The summed E-state index contributed by atoms with van der Waals surface area (Å²) in [6.07, 6.45) is 1.93. The smallest absolute Gasteiger partial charge is 0.325 e. The van der Waals surface area contributed by atoms with Gasteiger partial charge in [0.2, 0.25) is 0 Å². The molecule has 1 unspecified atom stereocenters.